The normalized spacial score (nSPS) is 11.2. The number of ether oxygens (including phenoxy) is 1. The number of carboxylic acids is 1. The predicted octanol–water partition coefficient (Wildman–Crippen LogP) is 4.34. The van der Waals surface area contributed by atoms with Crippen molar-refractivity contribution in [1.29, 1.82) is 0 Å². The van der Waals surface area contributed by atoms with E-state index in [1.54, 1.807) is 0 Å². The molecule has 0 aliphatic heterocycles. The quantitative estimate of drug-likeness (QED) is 0.858. The molecule has 2 rings (SSSR count). The summed E-state index contributed by atoms with van der Waals surface area (Å²) < 4.78 is 57.1. The summed E-state index contributed by atoms with van der Waals surface area (Å²) in [6.45, 7) is 0. The van der Waals surface area contributed by atoms with Gasteiger partial charge in [-0.3, -0.25) is 0 Å². The molecule has 21 heavy (non-hydrogen) atoms. The summed E-state index contributed by atoms with van der Waals surface area (Å²) in [4.78, 5) is 10.7. The number of alkyl halides is 3. The molecule has 0 unspecified atom stereocenters. The van der Waals surface area contributed by atoms with E-state index >= 15 is 0 Å². The van der Waals surface area contributed by atoms with Crippen LogP contribution < -0.4 is 4.74 Å². The van der Waals surface area contributed by atoms with Gasteiger partial charge in [0.2, 0.25) is 0 Å². The smallest absolute Gasteiger partial charge is 0.420 e. The second kappa shape index (κ2) is 5.43. The monoisotopic (exact) mass is 300 g/mol. The fourth-order valence-electron chi connectivity index (χ4n) is 1.62. The highest BCUT2D eigenvalue weighted by Crippen LogP contribution is 2.39. The van der Waals surface area contributed by atoms with Crippen LogP contribution in [0.25, 0.3) is 0 Å². The van der Waals surface area contributed by atoms with Gasteiger partial charge in [-0.05, 0) is 30.3 Å². The van der Waals surface area contributed by atoms with Crippen molar-refractivity contribution in [3.63, 3.8) is 0 Å². The van der Waals surface area contributed by atoms with Crippen LogP contribution in [0, 0.1) is 5.82 Å². The van der Waals surface area contributed by atoms with E-state index in [2.05, 4.69) is 0 Å². The Hall–Kier alpha value is -2.57. The van der Waals surface area contributed by atoms with Gasteiger partial charge in [0.15, 0.2) is 11.6 Å². The third-order valence-corrected chi connectivity index (χ3v) is 2.59. The lowest BCUT2D eigenvalue weighted by atomic mass is 10.1. The van der Waals surface area contributed by atoms with Gasteiger partial charge in [0.1, 0.15) is 5.75 Å². The first kappa shape index (κ1) is 14.8. The maximum Gasteiger partial charge on any atom is 0.420 e. The molecule has 0 heterocycles. The number of aromatic carboxylic acids is 1. The summed E-state index contributed by atoms with van der Waals surface area (Å²) in [7, 11) is 0. The van der Waals surface area contributed by atoms with Crippen molar-refractivity contribution < 1.29 is 32.2 Å². The SMILES string of the molecule is O=C(O)c1ccc(Oc2ccccc2F)c(C(F)(F)F)c1. The van der Waals surface area contributed by atoms with E-state index in [4.69, 9.17) is 9.84 Å². The van der Waals surface area contributed by atoms with Crippen molar-refractivity contribution in [2.75, 3.05) is 0 Å². The average molecular weight is 300 g/mol. The number of carbonyl (C=O) groups is 1. The number of rotatable bonds is 3. The fraction of sp³-hybridized carbons (Fsp3) is 0.0714. The second-order valence-electron chi connectivity index (χ2n) is 4.05. The molecule has 0 bridgehead atoms. The molecule has 0 aromatic heterocycles. The second-order valence-corrected chi connectivity index (χ2v) is 4.05. The average Bonchev–Trinajstić information content (AvgIpc) is 2.40. The molecule has 3 nitrogen and oxygen atoms in total. The number of benzene rings is 2. The standard InChI is InChI=1S/C14H8F4O3/c15-10-3-1-2-4-12(10)21-11-6-5-8(13(19)20)7-9(11)14(16,17)18/h1-7H,(H,19,20). The van der Waals surface area contributed by atoms with E-state index in [0.29, 0.717) is 6.07 Å². The molecule has 2 aromatic rings. The van der Waals surface area contributed by atoms with Gasteiger partial charge in [-0.25, -0.2) is 9.18 Å². The molecule has 0 fully saturated rings. The van der Waals surface area contributed by atoms with Crippen LogP contribution in [0.4, 0.5) is 17.6 Å². The van der Waals surface area contributed by atoms with Gasteiger partial charge in [0.05, 0.1) is 11.1 Å². The Balaban J connectivity index is 2.48. The van der Waals surface area contributed by atoms with Crippen molar-refractivity contribution in [2.45, 2.75) is 6.18 Å². The minimum Gasteiger partial charge on any atom is -0.478 e. The Morgan fingerprint density at radius 2 is 1.71 bits per heavy atom. The highest BCUT2D eigenvalue weighted by atomic mass is 19.4. The molecule has 0 atom stereocenters. The topological polar surface area (TPSA) is 46.5 Å². The third-order valence-electron chi connectivity index (χ3n) is 2.59. The number of halogens is 4. The van der Waals surface area contributed by atoms with Crippen LogP contribution in [0.1, 0.15) is 15.9 Å². The highest BCUT2D eigenvalue weighted by molar-refractivity contribution is 5.88. The number of carboxylic acid groups (broad SMARTS) is 1. The largest absolute Gasteiger partial charge is 0.478 e. The van der Waals surface area contributed by atoms with Gasteiger partial charge in [0, 0.05) is 0 Å². The van der Waals surface area contributed by atoms with E-state index in [1.807, 2.05) is 0 Å². The summed E-state index contributed by atoms with van der Waals surface area (Å²) in [5, 5.41) is 8.73. The van der Waals surface area contributed by atoms with E-state index in [9.17, 15) is 22.4 Å². The molecule has 0 aliphatic carbocycles. The Bertz CT molecular complexity index is 680. The minimum absolute atomic E-state index is 0.383. The number of hydrogen-bond donors (Lipinski definition) is 1. The highest BCUT2D eigenvalue weighted by Gasteiger charge is 2.35. The van der Waals surface area contributed by atoms with E-state index in [0.717, 1.165) is 18.2 Å². The lowest BCUT2D eigenvalue weighted by molar-refractivity contribution is -0.138. The summed E-state index contributed by atoms with van der Waals surface area (Å²) in [6.07, 6.45) is -4.83. The van der Waals surface area contributed by atoms with Gasteiger partial charge in [-0.2, -0.15) is 13.2 Å². The van der Waals surface area contributed by atoms with Crippen LogP contribution in [0.2, 0.25) is 0 Å². The van der Waals surface area contributed by atoms with E-state index < -0.39 is 34.8 Å². The summed E-state index contributed by atoms with van der Waals surface area (Å²) in [5.41, 5.74) is -1.83. The first-order valence-electron chi connectivity index (χ1n) is 5.66. The van der Waals surface area contributed by atoms with Gasteiger partial charge in [0.25, 0.3) is 0 Å². The van der Waals surface area contributed by atoms with Crippen LogP contribution in [0.3, 0.4) is 0 Å². The van der Waals surface area contributed by atoms with Crippen LogP contribution >= 0.6 is 0 Å². The van der Waals surface area contributed by atoms with Crippen molar-refractivity contribution >= 4 is 5.97 Å². The van der Waals surface area contributed by atoms with E-state index in [1.165, 1.54) is 18.2 Å². The van der Waals surface area contributed by atoms with Gasteiger partial charge in [-0.15, -0.1) is 0 Å². The zero-order valence-electron chi connectivity index (χ0n) is 10.3. The molecular formula is C14H8F4O3. The molecule has 0 amide bonds. The molecule has 0 spiro atoms. The molecule has 110 valence electrons. The van der Waals surface area contributed by atoms with Crippen LogP contribution in [0.5, 0.6) is 11.5 Å². The van der Waals surface area contributed by atoms with Crippen molar-refractivity contribution in [3.8, 4) is 11.5 Å². The van der Waals surface area contributed by atoms with Crippen molar-refractivity contribution in [1.82, 2.24) is 0 Å². The van der Waals surface area contributed by atoms with Crippen LogP contribution in [0.15, 0.2) is 42.5 Å². The first-order valence-corrected chi connectivity index (χ1v) is 5.66. The van der Waals surface area contributed by atoms with Crippen LogP contribution in [-0.2, 0) is 6.18 Å². The number of para-hydroxylation sites is 1. The first-order chi connectivity index (χ1) is 9.79. The lowest BCUT2D eigenvalue weighted by Crippen LogP contribution is -2.09. The summed E-state index contributed by atoms with van der Waals surface area (Å²) >= 11 is 0. The molecular weight excluding hydrogens is 292 g/mol. The van der Waals surface area contributed by atoms with E-state index in [-0.39, 0.29) is 5.75 Å². The summed E-state index contributed by atoms with van der Waals surface area (Å²) in [6, 6.07) is 7.21. The predicted molar refractivity (Wildman–Crippen MR) is 64.9 cm³/mol. The number of hydrogen-bond acceptors (Lipinski definition) is 2. The Morgan fingerprint density at radius 3 is 2.29 bits per heavy atom. The molecule has 0 aliphatic rings. The molecule has 2 aromatic carbocycles. The van der Waals surface area contributed by atoms with Gasteiger partial charge in [-0.1, -0.05) is 12.1 Å². The Kier molecular flexibility index (Phi) is 3.84. The maximum atomic E-state index is 13.4. The molecule has 0 saturated carbocycles. The lowest BCUT2D eigenvalue weighted by Gasteiger charge is -2.14. The third kappa shape index (κ3) is 3.31. The molecule has 0 saturated heterocycles. The van der Waals surface area contributed by atoms with Crippen LogP contribution in [-0.4, -0.2) is 11.1 Å². The van der Waals surface area contributed by atoms with Crippen molar-refractivity contribution in [2.24, 2.45) is 0 Å². The van der Waals surface area contributed by atoms with Gasteiger partial charge < -0.3 is 9.84 Å². The Morgan fingerprint density at radius 1 is 1.05 bits per heavy atom. The molecule has 7 heteroatoms. The Labute approximate surface area is 116 Å². The fourth-order valence-corrected chi connectivity index (χ4v) is 1.62. The molecule has 0 radical (unpaired) electrons. The maximum absolute atomic E-state index is 13.4. The zero-order chi connectivity index (χ0) is 15.6. The zero-order valence-corrected chi connectivity index (χ0v) is 10.3. The summed E-state index contributed by atoms with van der Waals surface area (Å²) in [5.74, 6) is -3.38. The van der Waals surface area contributed by atoms with Crippen molar-refractivity contribution in [3.05, 3.63) is 59.4 Å². The molecule has 1 N–H and O–H groups in total. The van der Waals surface area contributed by atoms with Gasteiger partial charge >= 0.3 is 12.1 Å². The minimum atomic E-state index is -4.83.